The first-order valence-corrected chi connectivity index (χ1v) is 9.56. The van der Waals surface area contributed by atoms with E-state index >= 15 is 0 Å². The third-order valence-corrected chi connectivity index (χ3v) is 5.90. The van der Waals surface area contributed by atoms with Crippen LogP contribution in [0, 0.1) is 0 Å². The zero-order chi connectivity index (χ0) is 16.9. The predicted molar refractivity (Wildman–Crippen MR) is 92.7 cm³/mol. The lowest BCUT2D eigenvalue weighted by Gasteiger charge is -2.21. The molecule has 1 fully saturated rings. The molecule has 1 saturated heterocycles. The Kier molecular flexibility index (Phi) is 5.84. The van der Waals surface area contributed by atoms with Crippen LogP contribution >= 0.6 is 23.5 Å². The van der Waals surface area contributed by atoms with Crippen molar-refractivity contribution in [2.45, 2.75) is 22.3 Å². The Morgan fingerprint density at radius 1 is 1.25 bits per heavy atom. The SMILES string of the molecule is O=C(c1ccccc1SC(F)F)N1CCSC(c2ccco2)CC1. The summed E-state index contributed by atoms with van der Waals surface area (Å²) in [5.41, 5.74) is 0.351. The lowest BCUT2D eigenvalue weighted by Crippen LogP contribution is -2.33. The van der Waals surface area contributed by atoms with Crippen molar-refractivity contribution in [3.05, 3.63) is 54.0 Å². The Morgan fingerprint density at radius 2 is 2.08 bits per heavy atom. The lowest BCUT2D eigenvalue weighted by atomic mass is 10.1. The molecule has 2 aromatic rings. The lowest BCUT2D eigenvalue weighted by molar-refractivity contribution is 0.0762. The largest absolute Gasteiger partial charge is 0.468 e. The average molecular weight is 369 g/mol. The van der Waals surface area contributed by atoms with Crippen LogP contribution in [0.2, 0.25) is 0 Å². The smallest absolute Gasteiger partial charge is 0.288 e. The number of amides is 1. The summed E-state index contributed by atoms with van der Waals surface area (Å²) in [6.45, 7) is 1.19. The fourth-order valence-corrected chi connectivity index (χ4v) is 4.50. The van der Waals surface area contributed by atoms with Crippen LogP contribution in [0.3, 0.4) is 0 Å². The zero-order valence-corrected chi connectivity index (χ0v) is 14.5. The summed E-state index contributed by atoms with van der Waals surface area (Å²) in [5.74, 6) is -1.01. The highest BCUT2D eigenvalue weighted by atomic mass is 32.2. The van der Waals surface area contributed by atoms with Gasteiger partial charge in [0.1, 0.15) is 5.76 Å². The van der Waals surface area contributed by atoms with Crippen molar-refractivity contribution >= 4 is 29.4 Å². The molecule has 0 N–H and O–H groups in total. The van der Waals surface area contributed by atoms with Gasteiger partial charge in [-0.3, -0.25) is 4.79 Å². The normalized spacial score (nSPS) is 18.6. The number of carbonyl (C=O) groups is 1. The molecular formula is C17H17F2NO2S2. The number of hydrogen-bond acceptors (Lipinski definition) is 4. The molecule has 1 amide bonds. The fourth-order valence-electron chi connectivity index (χ4n) is 2.69. The van der Waals surface area contributed by atoms with Crippen molar-refractivity contribution in [3.8, 4) is 0 Å². The molecule has 1 aliphatic heterocycles. The standard InChI is InChI=1S/C17H17F2NO2S2/c18-17(19)24-14-6-2-1-4-12(14)16(21)20-8-7-15(23-11-9-20)13-5-3-10-22-13/h1-6,10,15,17H,7-9,11H2. The summed E-state index contributed by atoms with van der Waals surface area (Å²) >= 11 is 2.18. The Balaban J connectivity index is 1.72. The first-order chi connectivity index (χ1) is 11.6. The molecule has 1 unspecified atom stereocenters. The topological polar surface area (TPSA) is 33.5 Å². The van der Waals surface area contributed by atoms with Crippen LogP contribution in [0.25, 0.3) is 0 Å². The van der Waals surface area contributed by atoms with Crippen molar-refractivity contribution in [1.82, 2.24) is 4.90 Å². The molecule has 3 nitrogen and oxygen atoms in total. The molecule has 0 bridgehead atoms. The fraction of sp³-hybridized carbons (Fsp3) is 0.353. The van der Waals surface area contributed by atoms with Crippen molar-refractivity contribution in [2.24, 2.45) is 0 Å². The van der Waals surface area contributed by atoms with Crippen molar-refractivity contribution < 1.29 is 18.0 Å². The van der Waals surface area contributed by atoms with Crippen LogP contribution in [-0.2, 0) is 0 Å². The minimum Gasteiger partial charge on any atom is -0.468 e. The van der Waals surface area contributed by atoms with Gasteiger partial charge < -0.3 is 9.32 Å². The summed E-state index contributed by atoms with van der Waals surface area (Å²) in [6.07, 6.45) is 2.44. The second-order valence-electron chi connectivity index (χ2n) is 5.33. The second kappa shape index (κ2) is 8.07. The highest BCUT2D eigenvalue weighted by Gasteiger charge is 2.25. The van der Waals surface area contributed by atoms with E-state index in [9.17, 15) is 13.6 Å². The quantitative estimate of drug-likeness (QED) is 0.717. The first kappa shape index (κ1) is 17.4. The van der Waals surface area contributed by atoms with Gasteiger partial charge in [-0.1, -0.05) is 23.9 Å². The van der Waals surface area contributed by atoms with Gasteiger partial charge in [-0.15, -0.1) is 11.8 Å². The van der Waals surface area contributed by atoms with Gasteiger partial charge in [0.25, 0.3) is 11.7 Å². The van der Waals surface area contributed by atoms with Gasteiger partial charge in [-0.25, -0.2) is 0 Å². The Morgan fingerprint density at radius 3 is 2.83 bits per heavy atom. The Labute approximate surface area is 147 Å². The number of rotatable bonds is 4. The van der Waals surface area contributed by atoms with Gasteiger partial charge in [0.2, 0.25) is 0 Å². The summed E-state index contributed by atoms with van der Waals surface area (Å²) in [6, 6.07) is 10.4. The first-order valence-electron chi connectivity index (χ1n) is 7.63. The number of thioether (sulfide) groups is 2. The number of furan rings is 1. The zero-order valence-electron chi connectivity index (χ0n) is 12.9. The van der Waals surface area contributed by atoms with E-state index in [1.807, 2.05) is 12.1 Å². The molecule has 7 heteroatoms. The van der Waals surface area contributed by atoms with E-state index in [1.54, 1.807) is 47.2 Å². The van der Waals surface area contributed by atoms with Gasteiger partial charge in [-0.2, -0.15) is 8.78 Å². The average Bonchev–Trinajstić information content (AvgIpc) is 2.99. The molecule has 1 atom stereocenters. The Bertz CT molecular complexity index is 679. The molecule has 128 valence electrons. The van der Waals surface area contributed by atoms with E-state index in [0.717, 1.165) is 17.9 Å². The van der Waals surface area contributed by atoms with E-state index in [-0.39, 0.29) is 11.2 Å². The molecule has 1 aromatic carbocycles. The van der Waals surface area contributed by atoms with Crippen LogP contribution in [0.1, 0.15) is 27.8 Å². The van der Waals surface area contributed by atoms with Gasteiger partial charge in [-0.05, 0) is 30.7 Å². The van der Waals surface area contributed by atoms with E-state index in [4.69, 9.17) is 4.42 Å². The number of carbonyl (C=O) groups excluding carboxylic acids is 1. The van der Waals surface area contributed by atoms with E-state index < -0.39 is 5.76 Å². The molecule has 2 heterocycles. The van der Waals surface area contributed by atoms with Crippen LogP contribution in [0.15, 0.2) is 52.0 Å². The number of hydrogen-bond donors (Lipinski definition) is 0. The third kappa shape index (κ3) is 4.13. The van der Waals surface area contributed by atoms with Gasteiger partial charge in [0, 0.05) is 23.7 Å². The molecule has 0 saturated carbocycles. The maximum Gasteiger partial charge on any atom is 0.288 e. The van der Waals surface area contributed by atoms with E-state index in [2.05, 4.69) is 0 Å². The van der Waals surface area contributed by atoms with Crippen molar-refractivity contribution in [3.63, 3.8) is 0 Å². The molecule has 24 heavy (non-hydrogen) atoms. The number of alkyl halides is 2. The molecule has 0 radical (unpaired) electrons. The van der Waals surface area contributed by atoms with E-state index in [1.165, 1.54) is 0 Å². The van der Waals surface area contributed by atoms with Crippen molar-refractivity contribution in [2.75, 3.05) is 18.8 Å². The molecule has 3 rings (SSSR count). The summed E-state index contributed by atoms with van der Waals surface area (Å²) in [4.78, 5) is 14.9. The molecule has 0 aliphatic carbocycles. The minimum absolute atomic E-state index is 0.181. The molecule has 1 aromatic heterocycles. The van der Waals surface area contributed by atoms with Gasteiger partial charge in [0.15, 0.2) is 0 Å². The number of nitrogens with zero attached hydrogens (tertiary/aromatic N) is 1. The molecular weight excluding hydrogens is 352 g/mol. The maximum atomic E-state index is 12.8. The van der Waals surface area contributed by atoms with Gasteiger partial charge >= 0.3 is 0 Å². The Hall–Kier alpha value is -1.47. The summed E-state index contributed by atoms with van der Waals surface area (Å²) in [5, 5.41) is 0.225. The number of halogens is 2. The highest BCUT2D eigenvalue weighted by Crippen LogP contribution is 2.35. The van der Waals surface area contributed by atoms with Crippen LogP contribution in [0.5, 0.6) is 0 Å². The second-order valence-corrected chi connectivity index (χ2v) is 7.67. The minimum atomic E-state index is -2.54. The van der Waals surface area contributed by atoms with Crippen molar-refractivity contribution in [1.29, 1.82) is 0 Å². The maximum absolute atomic E-state index is 12.8. The monoisotopic (exact) mass is 369 g/mol. The number of benzene rings is 1. The predicted octanol–water partition coefficient (Wildman–Crippen LogP) is 4.91. The van der Waals surface area contributed by atoms with E-state index in [0.29, 0.717) is 35.3 Å². The highest BCUT2D eigenvalue weighted by molar-refractivity contribution is 7.99. The molecule has 0 spiro atoms. The van der Waals surface area contributed by atoms with Gasteiger partial charge in [0.05, 0.1) is 17.1 Å². The van der Waals surface area contributed by atoms with Crippen LogP contribution < -0.4 is 0 Å². The van der Waals surface area contributed by atoms with Crippen LogP contribution in [-0.4, -0.2) is 35.4 Å². The third-order valence-electron chi connectivity index (χ3n) is 3.82. The summed E-state index contributed by atoms with van der Waals surface area (Å²) < 4.78 is 30.9. The summed E-state index contributed by atoms with van der Waals surface area (Å²) in [7, 11) is 0. The van der Waals surface area contributed by atoms with Crippen LogP contribution in [0.4, 0.5) is 8.78 Å². The molecule has 1 aliphatic rings.